The van der Waals surface area contributed by atoms with Crippen molar-refractivity contribution in [3.63, 3.8) is 0 Å². The highest BCUT2D eigenvalue weighted by molar-refractivity contribution is 5.68. The van der Waals surface area contributed by atoms with Gasteiger partial charge in [-0.3, -0.25) is 15.0 Å². The summed E-state index contributed by atoms with van der Waals surface area (Å²) in [7, 11) is 0. The average Bonchev–Trinajstić information content (AvgIpc) is 3.17. The SMILES string of the molecule is C=CCOC(=O)NCc1cccc(-c2ccc([C@@H]3O[C@H](CN4CCN(c5ccc([N+](=O)[O-])cc5)CC4)[C@H](C)[C@H](c4ccc(CO)cc4)O3)cc2)c1. The third kappa shape index (κ3) is 9.00. The molecule has 0 bridgehead atoms. The van der Waals surface area contributed by atoms with E-state index in [4.69, 9.17) is 14.2 Å². The maximum atomic E-state index is 11.9. The van der Waals surface area contributed by atoms with E-state index < -0.39 is 12.4 Å². The second-order valence-corrected chi connectivity index (χ2v) is 12.9. The first-order valence-electron chi connectivity index (χ1n) is 17.2. The lowest BCUT2D eigenvalue weighted by molar-refractivity contribution is -0.384. The van der Waals surface area contributed by atoms with Gasteiger partial charge in [0.15, 0.2) is 6.29 Å². The van der Waals surface area contributed by atoms with Crippen molar-refractivity contribution in [2.45, 2.75) is 38.6 Å². The number of alkyl carbamates (subject to hydrolysis) is 1. The molecule has 266 valence electrons. The summed E-state index contributed by atoms with van der Waals surface area (Å²) in [4.78, 5) is 27.3. The number of aliphatic hydroxyl groups excluding tert-OH is 1. The van der Waals surface area contributed by atoms with Crippen LogP contribution < -0.4 is 10.2 Å². The van der Waals surface area contributed by atoms with E-state index in [2.05, 4.69) is 40.8 Å². The number of aliphatic hydroxyl groups is 1. The van der Waals surface area contributed by atoms with Crippen molar-refractivity contribution in [3.8, 4) is 11.1 Å². The number of nitrogens with zero attached hydrogens (tertiary/aromatic N) is 3. The van der Waals surface area contributed by atoms with Gasteiger partial charge in [0.25, 0.3) is 5.69 Å². The predicted molar refractivity (Wildman–Crippen MR) is 195 cm³/mol. The smallest absolute Gasteiger partial charge is 0.407 e. The molecule has 4 aromatic rings. The van der Waals surface area contributed by atoms with Crippen molar-refractivity contribution in [3.05, 3.63) is 142 Å². The number of ether oxygens (including phenoxy) is 3. The quantitative estimate of drug-likeness (QED) is 0.0939. The van der Waals surface area contributed by atoms with E-state index in [-0.39, 0.29) is 42.0 Å². The standard InChI is InChI=1S/C40H44N4O7/c1-3-23-49-40(46)41-25-30-5-4-6-34(24-30)31-11-13-33(14-12-31)39-50-37(28(2)38(51-39)32-9-7-29(27-45)8-10-32)26-42-19-21-43(22-20-42)35-15-17-36(18-16-35)44(47)48/h3-18,24,28,37-39,45H,1,19-23,25-27H2,2H3,(H,41,46)/t28-,37+,38+,39+/m0/s1. The van der Waals surface area contributed by atoms with Crippen LogP contribution in [-0.2, 0) is 27.4 Å². The molecule has 11 heteroatoms. The number of nitro groups is 1. The largest absolute Gasteiger partial charge is 0.445 e. The average molecular weight is 693 g/mol. The summed E-state index contributed by atoms with van der Waals surface area (Å²) in [5, 5.41) is 23.5. The molecular weight excluding hydrogens is 648 g/mol. The van der Waals surface area contributed by atoms with Crippen LogP contribution in [0.2, 0.25) is 0 Å². The molecule has 1 amide bonds. The molecule has 0 saturated carbocycles. The van der Waals surface area contributed by atoms with Crippen LogP contribution in [-0.4, -0.2) is 66.5 Å². The Morgan fingerprint density at radius 2 is 1.65 bits per heavy atom. The lowest BCUT2D eigenvalue weighted by Gasteiger charge is -2.44. The normalized spacial score (nSPS) is 20.8. The van der Waals surface area contributed by atoms with E-state index >= 15 is 0 Å². The summed E-state index contributed by atoms with van der Waals surface area (Å²) >= 11 is 0. The maximum absolute atomic E-state index is 11.9. The zero-order valence-corrected chi connectivity index (χ0v) is 28.7. The summed E-state index contributed by atoms with van der Waals surface area (Å²) in [5.74, 6) is 0.0543. The van der Waals surface area contributed by atoms with Gasteiger partial charge in [-0.05, 0) is 46.0 Å². The fraction of sp³-hybridized carbons (Fsp3) is 0.325. The molecule has 4 atom stereocenters. The van der Waals surface area contributed by atoms with Gasteiger partial charge in [0.2, 0.25) is 0 Å². The Morgan fingerprint density at radius 3 is 2.31 bits per heavy atom. The predicted octanol–water partition coefficient (Wildman–Crippen LogP) is 6.78. The summed E-state index contributed by atoms with van der Waals surface area (Å²) in [6.07, 6.45) is 0.126. The molecule has 4 aromatic carbocycles. The van der Waals surface area contributed by atoms with E-state index in [9.17, 15) is 20.0 Å². The number of carbonyl (C=O) groups is 1. The Bertz CT molecular complexity index is 1770. The van der Waals surface area contributed by atoms with E-state index in [1.807, 2.05) is 72.8 Å². The number of carbonyl (C=O) groups excluding carboxylic acids is 1. The topological polar surface area (TPSA) is 127 Å². The molecule has 51 heavy (non-hydrogen) atoms. The second kappa shape index (κ2) is 16.8. The Labute approximate surface area is 298 Å². The number of non-ortho nitro benzene ring substituents is 1. The zero-order valence-electron chi connectivity index (χ0n) is 28.7. The van der Waals surface area contributed by atoms with Gasteiger partial charge in [-0.1, -0.05) is 86.3 Å². The van der Waals surface area contributed by atoms with Gasteiger partial charge in [0, 0.05) is 68.6 Å². The van der Waals surface area contributed by atoms with E-state index in [0.717, 1.165) is 71.8 Å². The third-order valence-electron chi connectivity index (χ3n) is 9.57. The van der Waals surface area contributed by atoms with Gasteiger partial charge >= 0.3 is 6.09 Å². The number of nitrogens with one attached hydrogen (secondary N) is 1. The molecule has 0 radical (unpaired) electrons. The van der Waals surface area contributed by atoms with Crippen LogP contribution >= 0.6 is 0 Å². The number of hydrogen-bond acceptors (Lipinski definition) is 9. The maximum Gasteiger partial charge on any atom is 0.407 e. The van der Waals surface area contributed by atoms with Crippen molar-refractivity contribution in [2.24, 2.45) is 5.92 Å². The Kier molecular flexibility index (Phi) is 11.7. The monoisotopic (exact) mass is 692 g/mol. The first kappa shape index (κ1) is 35.7. The van der Waals surface area contributed by atoms with Crippen molar-refractivity contribution < 1.29 is 29.0 Å². The van der Waals surface area contributed by atoms with Crippen LogP contribution in [0.1, 0.15) is 41.6 Å². The molecule has 0 aromatic heterocycles. The van der Waals surface area contributed by atoms with Crippen LogP contribution in [0.4, 0.5) is 16.2 Å². The van der Waals surface area contributed by atoms with Crippen molar-refractivity contribution in [1.82, 2.24) is 10.2 Å². The minimum Gasteiger partial charge on any atom is -0.445 e. The number of rotatable bonds is 12. The first-order valence-corrected chi connectivity index (χ1v) is 17.2. The van der Waals surface area contributed by atoms with E-state index in [1.54, 1.807) is 12.1 Å². The lowest BCUT2D eigenvalue weighted by atomic mass is 9.89. The molecule has 0 spiro atoms. The van der Waals surface area contributed by atoms with Gasteiger partial charge in [0.05, 0.1) is 23.7 Å². The van der Waals surface area contributed by atoms with Crippen molar-refractivity contribution in [1.29, 1.82) is 0 Å². The molecule has 6 rings (SSSR count). The van der Waals surface area contributed by atoms with Crippen LogP contribution in [0, 0.1) is 16.0 Å². The molecule has 0 unspecified atom stereocenters. The first-order chi connectivity index (χ1) is 24.8. The van der Waals surface area contributed by atoms with Crippen LogP contribution in [0.25, 0.3) is 11.1 Å². The minimum absolute atomic E-state index is 0.0182. The molecule has 2 aliphatic rings. The highest BCUT2D eigenvalue weighted by Gasteiger charge is 2.39. The fourth-order valence-electron chi connectivity index (χ4n) is 6.61. The van der Waals surface area contributed by atoms with Crippen molar-refractivity contribution in [2.75, 3.05) is 44.2 Å². The summed E-state index contributed by atoms with van der Waals surface area (Å²) in [5.41, 5.74) is 6.87. The summed E-state index contributed by atoms with van der Waals surface area (Å²) in [6, 6.07) is 30.9. The molecule has 2 saturated heterocycles. The molecule has 2 N–H and O–H groups in total. The summed E-state index contributed by atoms with van der Waals surface area (Å²) < 4.78 is 18.4. The Hall–Kier alpha value is -5.07. The van der Waals surface area contributed by atoms with E-state index in [1.165, 1.54) is 6.08 Å². The van der Waals surface area contributed by atoms with Gasteiger partial charge in [-0.2, -0.15) is 0 Å². The Morgan fingerprint density at radius 1 is 0.941 bits per heavy atom. The van der Waals surface area contributed by atoms with Crippen LogP contribution in [0.5, 0.6) is 0 Å². The third-order valence-corrected chi connectivity index (χ3v) is 9.57. The van der Waals surface area contributed by atoms with Gasteiger partial charge in [-0.25, -0.2) is 4.79 Å². The number of piperazine rings is 1. The van der Waals surface area contributed by atoms with Crippen molar-refractivity contribution >= 4 is 17.5 Å². The van der Waals surface area contributed by atoms with Crippen LogP contribution in [0.3, 0.4) is 0 Å². The number of nitro benzene ring substituents is 1. The molecule has 2 fully saturated rings. The van der Waals surface area contributed by atoms with Gasteiger partial charge in [-0.15, -0.1) is 0 Å². The highest BCUT2D eigenvalue weighted by Crippen LogP contribution is 2.42. The Balaban J connectivity index is 1.15. The fourth-order valence-corrected chi connectivity index (χ4v) is 6.61. The molecule has 11 nitrogen and oxygen atoms in total. The molecular formula is C40H44N4O7. The highest BCUT2D eigenvalue weighted by atomic mass is 16.7. The van der Waals surface area contributed by atoms with E-state index in [0.29, 0.717) is 6.54 Å². The molecule has 2 heterocycles. The van der Waals surface area contributed by atoms with Crippen LogP contribution in [0.15, 0.2) is 110 Å². The van der Waals surface area contributed by atoms with Gasteiger partial charge in [0.1, 0.15) is 6.61 Å². The molecule has 2 aliphatic heterocycles. The number of hydrogen-bond donors (Lipinski definition) is 2. The number of benzene rings is 4. The molecule has 0 aliphatic carbocycles. The second-order valence-electron chi connectivity index (χ2n) is 12.9. The number of amides is 1. The minimum atomic E-state index is -0.582. The lowest BCUT2D eigenvalue weighted by Crippen LogP contribution is -2.51. The number of anilines is 1. The summed E-state index contributed by atoms with van der Waals surface area (Å²) in [6.45, 7) is 10.2. The zero-order chi connectivity index (χ0) is 35.7. The van der Waals surface area contributed by atoms with Gasteiger partial charge < -0.3 is 29.5 Å².